The Bertz CT molecular complexity index is 1150. The van der Waals surface area contributed by atoms with E-state index in [0.717, 1.165) is 30.3 Å². The first-order valence-electron chi connectivity index (χ1n) is 7.45. The molecule has 0 unspecified atom stereocenters. The summed E-state index contributed by atoms with van der Waals surface area (Å²) in [5, 5.41) is 8.18. The Morgan fingerprint density at radius 3 is 2.04 bits per heavy atom. The molecule has 0 atom stereocenters. The third kappa shape index (κ3) is 4.70. The van der Waals surface area contributed by atoms with Crippen molar-refractivity contribution in [3.63, 3.8) is 0 Å². The third-order valence-corrected chi connectivity index (χ3v) is 4.67. The summed E-state index contributed by atoms with van der Waals surface area (Å²) in [4.78, 5) is -0.395. The van der Waals surface area contributed by atoms with Crippen LogP contribution in [0.1, 0.15) is 5.56 Å². The number of azo groups is 1. The summed E-state index contributed by atoms with van der Waals surface area (Å²) in [5.74, 6) is 0. The van der Waals surface area contributed by atoms with Crippen LogP contribution in [0.3, 0.4) is 0 Å². The number of hydrogen-bond acceptors (Lipinski definition) is 5. The Hall–Kier alpha value is -1.98. The van der Waals surface area contributed by atoms with Crippen LogP contribution in [0.25, 0.3) is 10.8 Å². The maximum absolute atomic E-state index is 12.6. The number of halogens is 3. The van der Waals surface area contributed by atoms with Gasteiger partial charge in [0, 0.05) is 10.8 Å². The number of nitrogen functional groups attached to an aromatic ring is 1. The summed E-state index contributed by atoms with van der Waals surface area (Å²) in [7, 11) is -4.56. The SMILES string of the molecule is Nc1c(N=Nc2ccc(C(F)(F)F)cc2)cc(S(=O)(=O)O)c2ccccc12.[NaH]. The molecular weight excluding hydrogens is 406 g/mol. The number of alkyl halides is 3. The Morgan fingerprint density at radius 1 is 0.929 bits per heavy atom. The van der Waals surface area contributed by atoms with E-state index < -0.39 is 26.8 Å². The topological polar surface area (TPSA) is 105 Å². The molecule has 142 valence electrons. The van der Waals surface area contributed by atoms with Gasteiger partial charge in [0.15, 0.2) is 0 Å². The number of hydrogen-bond donors (Lipinski definition) is 2. The average molecular weight is 419 g/mol. The van der Waals surface area contributed by atoms with E-state index >= 15 is 0 Å². The van der Waals surface area contributed by atoms with Gasteiger partial charge < -0.3 is 5.73 Å². The predicted octanol–water partition coefficient (Wildman–Crippen LogP) is 4.45. The Labute approximate surface area is 180 Å². The van der Waals surface area contributed by atoms with E-state index in [9.17, 15) is 26.1 Å². The zero-order valence-corrected chi connectivity index (χ0v) is 14.3. The second kappa shape index (κ2) is 8.18. The van der Waals surface area contributed by atoms with Crippen molar-refractivity contribution in [3.05, 3.63) is 60.2 Å². The van der Waals surface area contributed by atoms with E-state index in [4.69, 9.17) is 5.73 Å². The molecule has 0 bridgehead atoms. The van der Waals surface area contributed by atoms with Crippen molar-refractivity contribution in [2.24, 2.45) is 10.2 Å². The number of nitrogens with zero attached hydrogens (tertiary/aromatic N) is 2. The normalized spacial score (nSPS) is 12.3. The van der Waals surface area contributed by atoms with Crippen LogP contribution in [0.15, 0.2) is 69.7 Å². The van der Waals surface area contributed by atoms with Crippen molar-refractivity contribution in [1.82, 2.24) is 0 Å². The summed E-state index contributed by atoms with van der Waals surface area (Å²) in [6, 6.07) is 11.2. The van der Waals surface area contributed by atoms with E-state index in [1.807, 2.05) is 0 Å². The molecule has 0 aliphatic carbocycles. The minimum atomic E-state index is -4.56. The zero-order chi connectivity index (χ0) is 19.8. The van der Waals surface area contributed by atoms with Crippen molar-refractivity contribution < 1.29 is 26.1 Å². The number of rotatable bonds is 3. The Balaban J connectivity index is 0.00000280. The number of benzene rings is 3. The Morgan fingerprint density at radius 2 is 1.50 bits per heavy atom. The Kier molecular flexibility index (Phi) is 6.51. The zero-order valence-electron chi connectivity index (χ0n) is 13.5. The van der Waals surface area contributed by atoms with Gasteiger partial charge >= 0.3 is 35.7 Å². The van der Waals surface area contributed by atoms with Crippen LogP contribution >= 0.6 is 0 Å². The van der Waals surface area contributed by atoms with Crippen LogP contribution in [0, 0.1) is 0 Å². The average Bonchev–Trinajstić information content (AvgIpc) is 2.60. The second-order valence-corrected chi connectivity index (χ2v) is 6.96. The molecule has 0 heterocycles. The molecule has 0 saturated carbocycles. The van der Waals surface area contributed by atoms with Crippen LogP contribution in [0.2, 0.25) is 0 Å². The van der Waals surface area contributed by atoms with E-state index in [-0.39, 0.29) is 52.0 Å². The molecular formula is C17H13F3N3NaO3S. The molecule has 0 fully saturated rings. The fourth-order valence-corrected chi connectivity index (χ4v) is 3.19. The van der Waals surface area contributed by atoms with Gasteiger partial charge in [-0.1, -0.05) is 24.3 Å². The molecule has 0 amide bonds. The molecule has 11 heteroatoms. The molecule has 0 radical (unpaired) electrons. The quantitative estimate of drug-likeness (QED) is 0.283. The second-order valence-electron chi connectivity index (χ2n) is 5.57. The van der Waals surface area contributed by atoms with Gasteiger partial charge in [0.05, 0.1) is 16.9 Å². The molecule has 28 heavy (non-hydrogen) atoms. The van der Waals surface area contributed by atoms with Crippen LogP contribution in [0.5, 0.6) is 0 Å². The molecule has 3 N–H and O–H groups in total. The fourth-order valence-electron chi connectivity index (χ4n) is 2.48. The fraction of sp³-hybridized carbons (Fsp3) is 0.0588. The van der Waals surface area contributed by atoms with Crippen LogP contribution in [-0.2, 0) is 16.3 Å². The van der Waals surface area contributed by atoms with Gasteiger partial charge in [-0.3, -0.25) is 4.55 Å². The van der Waals surface area contributed by atoms with Crippen molar-refractivity contribution in [2.45, 2.75) is 11.1 Å². The van der Waals surface area contributed by atoms with Gasteiger partial charge in [0.2, 0.25) is 0 Å². The molecule has 0 spiro atoms. The first kappa shape index (κ1) is 22.3. The molecule has 0 aliphatic heterocycles. The third-order valence-electron chi connectivity index (χ3n) is 3.77. The van der Waals surface area contributed by atoms with Gasteiger partial charge in [-0.15, -0.1) is 5.11 Å². The molecule has 6 nitrogen and oxygen atoms in total. The summed E-state index contributed by atoms with van der Waals surface area (Å²) in [6.07, 6.45) is -4.47. The number of anilines is 1. The molecule has 3 rings (SSSR count). The molecule has 3 aromatic rings. The standard InChI is InChI=1S/C17H12F3N3O3S.Na.H/c18-17(19,20)10-5-7-11(8-6-10)22-23-14-9-15(27(24,25)26)12-3-1-2-4-13(12)16(14)21;;/h1-9H,21H2,(H,24,25,26);;. The van der Waals surface area contributed by atoms with E-state index in [2.05, 4.69) is 10.2 Å². The van der Waals surface area contributed by atoms with Crippen LogP contribution in [-0.4, -0.2) is 42.5 Å². The van der Waals surface area contributed by atoms with E-state index in [0.29, 0.717) is 5.39 Å². The first-order valence-corrected chi connectivity index (χ1v) is 8.89. The molecule has 0 aromatic heterocycles. The monoisotopic (exact) mass is 419 g/mol. The van der Waals surface area contributed by atoms with Crippen molar-refractivity contribution in [3.8, 4) is 0 Å². The summed E-state index contributed by atoms with van der Waals surface area (Å²) < 4.78 is 70.5. The van der Waals surface area contributed by atoms with Gasteiger partial charge in [-0.25, -0.2) is 0 Å². The first-order chi connectivity index (χ1) is 12.6. The van der Waals surface area contributed by atoms with E-state index in [1.54, 1.807) is 18.2 Å². The van der Waals surface area contributed by atoms with Gasteiger partial charge in [-0.05, 0) is 30.3 Å². The minimum absolute atomic E-state index is 0. The molecule has 0 aliphatic rings. The van der Waals surface area contributed by atoms with Crippen LogP contribution < -0.4 is 5.73 Å². The number of fused-ring (bicyclic) bond motifs is 1. The van der Waals surface area contributed by atoms with Crippen LogP contribution in [0.4, 0.5) is 30.2 Å². The predicted molar refractivity (Wildman–Crippen MR) is 101 cm³/mol. The molecule has 0 saturated heterocycles. The van der Waals surface area contributed by atoms with Crippen molar-refractivity contribution in [1.29, 1.82) is 0 Å². The van der Waals surface area contributed by atoms with E-state index in [1.165, 1.54) is 6.07 Å². The number of nitrogens with two attached hydrogens (primary N) is 1. The van der Waals surface area contributed by atoms with Gasteiger partial charge in [0.25, 0.3) is 10.1 Å². The summed E-state index contributed by atoms with van der Waals surface area (Å²) >= 11 is 0. The van der Waals surface area contributed by atoms with Gasteiger partial charge in [-0.2, -0.15) is 26.7 Å². The van der Waals surface area contributed by atoms with Gasteiger partial charge in [0.1, 0.15) is 10.6 Å². The summed E-state index contributed by atoms with van der Waals surface area (Å²) in [6.45, 7) is 0. The van der Waals surface area contributed by atoms with Crippen molar-refractivity contribution >= 4 is 67.5 Å². The summed E-state index contributed by atoms with van der Waals surface area (Å²) in [5.41, 5.74) is 5.36. The van der Waals surface area contributed by atoms with Crippen molar-refractivity contribution in [2.75, 3.05) is 5.73 Å². The molecule has 3 aromatic carbocycles. The maximum atomic E-state index is 12.6.